The van der Waals surface area contributed by atoms with E-state index in [0.29, 0.717) is 45.8 Å². The molecule has 7 heteroatoms. The minimum Gasteiger partial charge on any atom is -0.382 e. The van der Waals surface area contributed by atoms with Crippen LogP contribution in [0.4, 0.5) is 11.5 Å². The number of aromatic nitrogens is 1. The highest BCUT2D eigenvalue weighted by Crippen LogP contribution is 2.22. The minimum absolute atomic E-state index is 0.0483. The SMILES string of the molecule is CC(=O)c1ccc(C#N)c(NCCNc2ncc(Cl)cc2Cl)c1. The summed E-state index contributed by atoms with van der Waals surface area (Å²) in [4.78, 5) is 15.5. The number of benzene rings is 1. The normalized spacial score (nSPS) is 10.0. The summed E-state index contributed by atoms with van der Waals surface area (Å²) in [6.45, 7) is 2.54. The standard InChI is InChI=1S/C16H14Cl2N4O/c1-10(23)11-2-3-12(8-19)15(6-11)20-4-5-21-16-14(18)7-13(17)9-22-16/h2-3,6-7,9,20H,4-5H2,1H3,(H,21,22). The number of carbonyl (C=O) groups excluding carboxylic acids is 1. The van der Waals surface area contributed by atoms with Gasteiger partial charge in [-0.05, 0) is 31.2 Å². The van der Waals surface area contributed by atoms with Gasteiger partial charge in [0.25, 0.3) is 0 Å². The Morgan fingerprint density at radius 1 is 1.26 bits per heavy atom. The molecule has 0 aliphatic rings. The Bertz CT molecular complexity index is 771. The Balaban J connectivity index is 1.97. The number of anilines is 2. The number of hydrogen-bond acceptors (Lipinski definition) is 5. The average Bonchev–Trinajstić information content (AvgIpc) is 2.52. The number of ketones is 1. The van der Waals surface area contributed by atoms with Crippen LogP contribution in [0.2, 0.25) is 10.0 Å². The van der Waals surface area contributed by atoms with Crippen LogP contribution in [0, 0.1) is 11.3 Å². The van der Waals surface area contributed by atoms with Crippen molar-refractivity contribution in [1.29, 1.82) is 5.26 Å². The summed E-state index contributed by atoms with van der Waals surface area (Å²) in [5.74, 6) is 0.490. The van der Waals surface area contributed by atoms with Gasteiger partial charge in [0.15, 0.2) is 5.78 Å². The van der Waals surface area contributed by atoms with Gasteiger partial charge in [-0.15, -0.1) is 0 Å². The summed E-state index contributed by atoms with van der Waals surface area (Å²) < 4.78 is 0. The van der Waals surface area contributed by atoms with Crippen LogP contribution in [0.3, 0.4) is 0 Å². The Morgan fingerprint density at radius 2 is 2.00 bits per heavy atom. The van der Waals surface area contributed by atoms with E-state index in [2.05, 4.69) is 21.7 Å². The lowest BCUT2D eigenvalue weighted by Gasteiger charge is -2.11. The van der Waals surface area contributed by atoms with Crippen LogP contribution in [-0.2, 0) is 0 Å². The second-order valence-corrected chi connectivity index (χ2v) is 5.61. The highest BCUT2D eigenvalue weighted by atomic mass is 35.5. The molecule has 1 heterocycles. The molecule has 5 nitrogen and oxygen atoms in total. The predicted molar refractivity (Wildman–Crippen MR) is 92.4 cm³/mol. The average molecular weight is 349 g/mol. The molecule has 0 unspecified atom stereocenters. The molecule has 0 amide bonds. The van der Waals surface area contributed by atoms with Crippen molar-refractivity contribution in [2.75, 3.05) is 23.7 Å². The molecule has 2 N–H and O–H groups in total. The van der Waals surface area contributed by atoms with Crippen molar-refractivity contribution < 1.29 is 4.79 Å². The first-order valence-electron chi connectivity index (χ1n) is 6.85. The summed E-state index contributed by atoms with van der Waals surface area (Å²) in [6.07, 6.45) is 1.51. The number of nitriles is 1. The highest BCUT2D eigenvalue weighted by Gasteiger charge is 2.06. The Morgan fingerprint density at radius 3 is 2.65 bits per heavy atom. The van der Waals surface area contributed by atoms with Crippen LogP contribution in [0.1, 0.15) is 22.8 Å². The zero-order chi connectivity index (χ0) is 16.8. The van der Waals surface area contributed by atoms with E-state index in [1.54, 1.807) is 24.3 Å². The van der Waals surface area contributed by atoms with Gasteiger partial charge in [-0.25, -0.2) is 4.98 Å². The zero-order valence-electron chi connectivity index (χ0n) is 12.4. The molecule has 0 bridgehead atoms. The maximum absolute atomic E-state index is 11.4. The molecule has 0 spiro atoms. The number of hydrogen-bond donors (Lipinski definition) is 2. The number of halogens is 2. The number of pyridine rings is 1. The second kappa shape index (κ2) is 7.82. The van der Waals surface area contributed by atoms with Gasteiger partial charge in [0.2, 0.25) is 0 Å². The van der Waals surface area contributed by atoms with Gasteiger partial charge in [0, 0.05) is 24.8 Å². The lowest BCUT2D eigenvalue weighted by atomic mass is 10.1. The van der Waals surface area contributed by atoms with Gasteiger partial charge in [0.1, 0.15) is 11.9 Å². The van der Waals surface area contributed by atoms with Gasteiger partial charge >= 0.3 is 0 Å². The molecule has 0 aliphatic heterocycles. The first kappa shape index (κ1) is 17.1. The fraction of sp³-hybridized carbons (Fsp3) is 0.188. The molecule has 0 atom stereocenters. The lowest BCUT2D eigenvalue weighted by molar-refractivity contribution is 0.101. The van der Waals surface area contributed by atoms with Gasteiger partial charge in [-0.3, -0.25) is 4.79 Å². The summed E-state index contributed by atoms with van der Waals surface area (Å²) in [5.41, 5.74) is 1.66. The Hall–Kier alpha value is -2.29. The van der Waals surface area contributed by atoms with Gasteiger partial charge in [0.05, 0.1) is 21.3 Å². The van der Waals surface area contributed by atoms with Crippen LogP contribution in [0.15, 0.2) is 30.5 Å². The third-order valence-corrected chi connectivity index (χ3v) is 3.58. The van der Waals surface area contributed by atoms with Crippen molar-refractivity contribution in [3.8, 4) is 6.07 Å². The van der Waals surface area contributed by atoms with E-state index >= 15 is 0 Å². The number of nitrogens with zero attached hydrogens (tertiary/aromatic N) is 2. The van der Waals surface area contributed by atoms with Crippen LogP contribution >= 0.6 is 23.2 Å². The third kappa shape index (κ3) is 4.59. The molecule has 1 aromatic heterocycles. The van der Waals surface area contributed by atoms with Crippen molar-refractivity contribution in [2.24, 2.45) is 0 Å². The summed E-state index contributed by atoms with van der Waals surface area (Å²) in [6, 6.07) is 8.65. The van der Waals surface area contributed by atoms with E-state index in [0.717, 1.165) is 0 Å². The van der Waals surface area contributed by atoms with E-state index in [4.69, 9.17) is 28.5 Å². The molecular formula is C16H14Cl2N4O. The molecule has 0 aliphatic carbocycles. The first-order chi connectivity index (χ1) is 11.0. The highest BCUT2D eigenvalue weighted by molar-refractivity contribution is 6.35. The fourth-order valence-corrected chi connectivity index (χ4v) is 2.38. The van der Waals surface area contributed by atoms with E-state index < -0.39 is 0 Å². The number of nitrogens with one attached hydrogen (secondary N) is 2. The van der Waals surface area contributed by atoms with Gasteiger partial charge in [-0.1, -0.05) is 23.2 Å². The molecule has 0 saturated carbocycles. The smallest absolute Gasteiger partial charge is 0.159 e. The van der Waals surface area contributed by atoms with Crippen LogP contribution < -0.4 is 10.6 Å². The number of carbonyl (C=O) groups is 1. The first-order valence-corrected chi connectivity index (χ1v) is 7.60. The largest absolute Gasteiger partial charge is 0.382 e. The summed E-state index contributed by atoms with van der Waals surface area (Å²) >= 11 is 11.8. The maximum atomic E-state index is 11.4. The molecule has 118 valence electrons. The molecule has 0 saturated heterocycles. The van der Waals surface area contributed by atoms with Crippen molar-refractivity contribution in [3.63, 3.8) is 0 Å². The van der Waals surface area contributed by atoms with Crippen LogP contribution in [-0.4, -0.2) is 23.9 Å². The van der Waals surface area contributed by atoms with E-state index in [1.807, 2.05) is 0 Å². The lowest BCUT2D eigenvalue weighted by Crippen LogP contribution is -2.15. The number of Topliss-reactive ketones (excluding diaryl/α,β-unsaturated/α-hetero) is 1. The van der Waals surface area contributed by atoms with E-state index in [-0.39, 0.29) is 5.78 Å². The minimum atomic E-state index is -0.0483. The maximum Gasteiger partial charge on any atom is 0.159 e. The second-order valence-electron chi connectivity index (χ2n) is 4.77. The van der Waals surface area contributed by atoms with Gasteiger partial charge in [-0.2, -0.15) is 5.26 Å². The topological polar surface area (TPSA) is 77.8 Å². The molecule has 23 heavy (non-hydrogen) atoms. The predicted octanol–water partition coefficient (Wildman–Crippen LogP) is 3.99. The molecule has 0 radical (unpaired) electrons. The molecule has 2 rings (SSSR count). The molecular weight excluding hydrogens is 335 g/mol. The summed E-state index contributed by atoms with van der Waals surface area (Å²) in [7, 11) is 0. The monoisotopic (exact) mass is 348 g/mol. The van der Waals surface area contributed by atoms with Crippen molar-refractivity contribution >= 4 is 40.5 Å². The third-order valence-electron chi connectivity index (χ3n) is 3.09. The quantitative estimate of drug-likeness (QED) is 0.609. The Labute approximate surface area is 144 Å². The Kier molecular flexibility index (Phi) is 5.80. The molecule has 2 aromatic rings. The van der Waals surface area contributed by atoms with Crippen molar-refractivity contribution in [1.82, 2.24) is 4.98 Å². The summed E-state index contributed by atoms with van der Waals surface area (Å²) in [5, 5.41) is 16.2. The molecule has 1 aromatic carbocycles. The van der Waals surface area contributed by atoms with E-state index in [1.165, 1.54) is 13.1 Å². The zero-order valence-corrected chi connectivity index (χ0v) is 13.9. The van der Waals surface area contributed by atoms with Crippen molar-refractivity contribution in [3.05, 3.63) is 51.6 Å². The van der Waals surface area contributed by atoms with E-state index in [9.17, 15) is 4.79 Å². The van der Waals surface area contributed by atoms with Gasteiger partial charge < -0.3 is 10.6 Å². The molecule has 0 fully saturated rings. The van der Waals surface area contributed by atoms with Crippen LogP contribution in [0.5, 0.6) is 0 Å². The van der Waals surface area contributed by atoms with Crippen LogP contribution in [0.25, 0.3) is 0 Å². The fourth-order valence-electron chi connectivity index (χ4n) is 1.93. The van der Waals surface area contributed by atoms with Crippen molar-refractivity contribution in [2.45, 2.75) is 6.92 Å². The number of rotatable bonds is 6.